The number of methoxy groups -OCH3 is 1. The van der Waals surface area contributed by atoms with E-state index in [1.165, 1.54) is 22.5 Å². The zero-order valence-electron chi connectivity index (χ0n) is 11.8. The molecule has 0 amide bonds. The number of aryl methyl sites for hydroxylation is 1. The molecule has 0 unspecified atom stereocenters. The van der Waals surface area contributed by atoms with Crippen molar-refractivity contribution in [1.29, 1.82) is 0 Å². The predicted octanol–water partition coefficient (Wildman–Crippen LogP) is 2.53. The number of hydrogen-bond acceptors (Lipinski definition) is 3. The van der Waals surface area contributed by atoms with E-state index in [1.807, 2.05) is 17.9 Å². The molecule has 102 valence electrons. The summed E-state index contributed by atoms with van der Waals surface area (Å²) in [7, 11) is 3.69. The molecule has 0 bridgehead atoms. The monoisotopic (exact) mass is 259 g/mol. The minimum absolute atomic E-state index is 0.741. The van der Waals surface area contributed by atoms with E-state index in [4.69, 9.17) is 4.74 Å². The molecule has 0 aliphatic heterocycles. The summed E-state index contributed by atoms with van der Waals surface area (Å²) in [5, 5.41) is 7.74. The van der Waals surface area contributed by atoms with E-state index in [-0.39, 0.29) is 0 Å². The van der Waals surface area contributed by atoms with Gasteiger partial charge in [0.2, 0.25) is 0 Å². The van der Waals surface area contributed by atoms with E-state index < -0.39 is 0 Å². The fourth-order valence-corrected chi connectivity index (χ4v) is 2.03. The number of nitrogens with zero attached hydrogens (tertiary/aromatic N) is 2. The van der Waals surface area contributed by atoms with E-state index in [9.17, 15) is 0 Å². The standard InChI is InChI=1S/C15H21N3O/c1-12-14(11-17-18(12)2)10-16-15-7-5-4-6-13(15)8-9-19-3/h4-7,11,16H,8-10H2,1-3H3. The third-order valence-electron chi connectivity index (χ3n) is 3.40. The maximum atomic E-state index is 5.14. The lowest BCUT2D eigenvalue weighted by Gasteiger charge is -2.11. The van der Waals surface area contributed by atoms with Crippen molar-refractivity contribution in [3.05, 3.63) is 47.3 Å². The van der Waals surface area contributed by atoms with Crippen LogP contribution in [0, 0.1) is 6.92 Å². The minimum atomic E-state index is 0.741. The highest BCUT2D eigenvalue weighted by molar-refractivity contribution is 5.51. The smallest absolute Gasteiger partial charge is 0.0542 e. The van der Waals surface area contributed by atoms with Gasteiger partial charge in [-0.3, -0.25) is 4.68 Å². The Kier molecular flexibility index (Phi) is 4.58. The fraction of sp³-hybridized carbons (Fsp3) is 0.400. The van der Waals surface area contributed by atoms with Crippen LogP contribution in [0.3, 0.4) is 0 Å². The van der Waals surface area contributed by atoms with E-state index in [2.05, 4.69) is 41.6 Å². The molecule has 4 nitrogen and oxygen atoms in total. The highest BCUT2D eigenvalue weighted by Crippen LogP contribution is 2.17. The third kappa shape index (κ3) is 3.35. The molecule has 0 atom stereocenters. The van der Waals surface area contributed by atoms with Gasteiger partial charge < -0.3 is 10.1 Å². The molecule has 0 saturated heterocycles. The number of ether oxygens (including phenoxy) is 1. The largest absolute Gasteiger partial charge is 0.384 e. The van der Waals surface area contributed by atoms with Crippen LogP contribution in [0.1, 0.15) is 16.8 Å². The molecular weight excluding hydrogens is 238 g/mol. The summed E-state index contributed by atoms with van der Waals surface area (Å²) in [5.74, 6) is 0. The number of aromatic nitrogens is 2. The van der Waals surface area contributed by atoms with Crippen LogP contribution in [0.15, 0.2) is 30.5 Å². The van der Waals surface area contributed by atoms with Crippen molar-refractivity contribution in [2.24, 2.45) is 7.05 Å². The molecule has 4 heteroatoms. The normalized spacial score (nSPS) is 10.7. The van der Waals surface area contributed by atoms with Gasteiger partial charge in [-0.15, -0.1) is 0 Å². The van der Waals surface area contributed by atoms with Crippen molar-refractivity contribution in [3.8, 4) is 0 Å². The molecule has 0 radical (unpaired) electrons. The summed E-state index contributed by atoms with van der Waals surface area (Å²) in [6.07, 6.45) is 2.84. The zero-order valence-corrected chi connectivity index (χ0v) is 11.8. The molecular formula is C15H21N3O. The predicted molar refractivity (Wildman–Crippen MR) is 77.3 cm³/mol. The van der Waals surface area contributed by atoms with Gasteiger partial charge in [-0.05, 0) is 25.0 Å². The van der Waals surface area contributed by atoms with Crippen molar-refractivity contribution in [1.82, 2.24) is 9.78 Å². The van der Waals surface area contributed by atoms with Crippen LogP contribution in [0.25, 0.3) is 0 Å². The number of nitrogens with one attached hydrogen (secondary N) is 1. The summed E-state index contributed by atoms with van der Waals surface area (Å²) in [6, 6.07) is 8.36. The summed E-state index contributed by atoms with van der Waals surface area (Å²) in [4.78, 5) is 0. The first-order valence-corrected chi connectivity index (χ1v) is 6.50. The highest BCUT2D eigenvalue weighted by Gasteiger charge is 2.05. The van der Waals surface area contributed by atoms with Gasteiger partial charge >= 0.3 is 0 Å². The first-order chi connectivity index (χ1) is 9.22. The van der Waals surface area contributed by atoms with Gasteiger partial charge in [0.15, 0.2) is 0 Å². The average molecular weight is 259 g/mol. The Morgan fingerprint density at radius 2 is 2.05 bits per heavy atom. The summed E-state index contributed by atoms with van der Waals surface area (Å²) in [6.45, 7) is 3.62. The SMILES string of the molecule is COCCc1ccccc1NCc1cnn(C)c1C. The van der Waals surface area contributed by atoms with Crippen molar-refractivity contribution in [2.45, 2.75) is 19.9 Å². The number of hydrogen-bond donors (Lipinski definition) is 1. The van der Waals surface area contributed by atoms with Gasteiger partial charge in [0.1, 0.15) is 0 Å². The van der Waals surface area contributed by atoms with Gasteiger partial charge in [0, 0.05) is 37.6 Å². The molecule has 2 rings (SSSR count). The second-order valence-electron chi connectivity index (χ2n) is 4.63. The Morgan fingerprint density at radius 3 is 2.74 bits per heavy atom. The van der Waals surface area contributed by atoms with Crippen LogP contribution in [0.2, 0.25) is 0 Å². The van der Waals surface area contributed by atoms with E-state index in [1.54, 1.807) is 7.11 Å². The molecule has 0 saturated carbocycles. The Morgan fingerprint density at radius 1 is 1.26 bits per heavy atom. The van der Waals surface area contributed by atoms with Gasteiger partial charge in [-0.25, -0.2) is 0 Å². The van der Waals surface area contributed by atoms with Crippen LogP contribution in [0.5, 0.6) is 0 Å². The topological polar surface area (TPSA) is 39.1 Å². The van der Waals surface area contributed by atoms with Crippen LogP contribution < -0.4 is 5.32 Å². The van der Waals surface area contributed by atoms with Gasteiger partial charge in [0.25, 0.3) is 0 Å². The minimum Gasteiger partial charge on any atom is -0.384 e. The molecule has 1 aromatic carbocycles. The van der Waals surface area contributed by atoms with Gasteiger partial charge in [0.05, 0.1) is 12.8 Å². The van der Waals surface area contributed by atoms with Crippen molar-refractivity contribution in [3.63, 3.8) is 0 Å². The van der Waals surface area contributed by atoms with Crippen LogP contribution >= 0.6 is 0 Å². The lowest BCUT2D eigenvalue weighted by molar-refractivity contribution is 0.202. The second-order valence-corrected chi connectivity index (χ2v) is 4.63. The first-order valence-electron chi connectivity index (χ1n) is 6.50. The lowest BCUT2D eigenvalue weighted by atomic mass is 10.1. The maximum absolute atomic E-state index is 5.14. The van der Waals surface area contributed by atoms with Crippen LogP contribution in [-0.4, -0.2) is 23.5 Å². The maximum Gasteiger partial charge on any atom is 0.0542 e. The van der Waals surface area contributed by atoms with Crippen LogP contribution in [-0.2, 0) is 24.8 Å². The van der Waals surface area contributed by atoms with Gasteiger partial charge in [-0.2, -0.15) is 5.10 Å². The third-order valence-corrected chi connectivity index (χ3v) is 3.40. The Labute approximate surface area is 114 Å². The molecule has 1 aromatic heterocycles. The second kappa shape index (κ2) is 6.38. The van der Waals surface area contributed by atoms with E-state index >= 15 is 0 Å². The van der Waals surface area contributed by atoms with Crippen molar-refractivity contribution < 1.29 is 4.74 Å². The Hall–Kier alpha value is -1.81. The molecule has 0 spiro atoms. The summed E-state index contributed by atoms with van der Waals surface area (Å²) >= 11 is 0. The van der Waals surface area contributed by atoms with Crippen LogP contribution in [0.4, 0.5) is 5.69 Å². The molecule has 0 fully saturated rings. The van der Waals surface area contributed by atoms with E-state index in [0.717, 1.165) is 19.6 Å². The zero-order chi connectivity index (χ0) is 13.7. The van der Waals surface area contributed by atoms with Crippen molar-refractivity contribution in [2.75, 3.05) is 19.0 Å². The number of para-hydroxylation sites is 1. The molecule has 0 aliphatic rings. The molecule has 1 heterocycles. The average Bonchev–Trinajstić information content (AvgIpc) is 2.75. The lowest BCUT2D eigenvalue weighted by Crippen LogP contribution is -2.05. The van der Waals surface area contributed by atoms with E-state index in [0.29, 0.717) is 0 Å². The summed E-state index contributed by atoms with van der Waals surface area (Å²) < 4.78 is 7.04. The molecule has 0 aliphatic carbocycles. The number of rotatable bonds is 6. The van der Waals surface area contributed by atoms with Gasteiger partial charge in [-0.1, -0.05) is 18.2 Å². The highest BCUT2D eigenvalue weighted by atomic mass is 16.5. The van der Waals surface area contributed by atoms with Crippen molar-refractivity contribution >= 4 is 5.69 Å². The molecule has 2 aromatic rings. The summed E-state index contributed by atoms with van der Waals surface area (Å²) in [5.41, 5.74) is 4.87. The molecule has 1 N–H and O–H groups in total. The quantitative estimate of drug-likeness (QED) is 0.866. The first kappa shape index (κ1) is 13.6. The number of benzene rings is 1. The Balaban J connectivity index is 2.04. The fourth-order valence-electron chi connectivity index (χ4n) is 2.03. The molecule has 19 heavy (non-hydrogen) atoms. The number of anilines is 1. The Bertz CT molecular complexity index is 534.